The summed E-state index contributed by atoms with van der Waals surface area (Å²) in [5.74, 6) is -0.678. The molecular formula is C16H13NO3S. The van der Waals surface area contributed by atoms with Crippen LogP contribution in [0.2, 0.25) is 0 Å². The molecule has 0 saturated carbocycles. The lowest BCUT2D eigenvalue weighted by atomic mass is 10.1. The highest BCUT2D eigenvalue weighted by molar-refractivity contribution is 7.11. The quantitative estimate of drug-likeness (QED) is 0.591. The molecule has 4 nitrogen and oxygen atoms in total. The predicted molar refractivity (Wildman–Crippen MR) is 81.8 cm³/mol. The number of hydrogen-bond acceptors (Lipinski definition) is 4. The summed E-state index contributed by atoms with van der Waals surface area (Å²) >= 11 is 1.29. The van der Waals surface area contributed by atoms with Crippen LogP contribution >= 0.6 is 11.3 Å². The van der Waals surface area contributed by atoms with Crippen LogP contribution in [0, 0.1) is 0 Å². The van der Waals surface area contributed by atoms with Crippen LogP contribution in [0.15, 0.2) is 48.0 Å². The average Bonchev–Trinajstić information content (AvgIpc) is 3.15. The zero-order valence-electron chi connectivity index (χ0n) is 11.3. The lowest BCUT2D eigenvalue weighted by Gasteiger charge is -2.11. The van der Waals surface area contributed by atoms with Crippen LogP contribution in [0.5, 0.6) is 0 Å². The number of H-pyrrole nitrogens is 1. The van der Waals surface area contributed by atoms with Crippen LogP contribution < -0.4 is 0 Å². The fraction of sp³-hybridized carbons (Fsp3) is 0.125. The third kappa shape index (κ3) is 2.60. The Labute approximate surface area is 125 Å². The van der Waals surface area contributed by atoms with Crippen LogP contribution in [0.25, 0.3) is 10.9 Å². The van der Waals surface area contributed by atoms with Gasteiger partial charge in [0.25, 0.3) is 0 Å². The first kappa shape index (κ1) is 13.6. The highest BCUT2D eigenvalue weighted by atomic mass is 32.1. The Kier molecular flexibility index (Phi) is 3.58. The van der Waals surface area contributed by atoms with Crippen molar-refractivity contribution in [1.82, 2.24) is 4.98 Å². The summed E-state index contributed by atoms with van der Waals surface area (Å²) < 4.78 is 5.24. The first-order valence-corrected chi connectivity index (χ1v) is 7.39. The average molecular weight is 299 g/mol. The van der Waals surface area contributed by atoms with Gasteiger partial charge in [0.05, 0.1) is 0 Å². The molecule has 0 fully saturated rings. The van der Waals surface area contributed by atoms with E-state index in [1.54, 1.807) is 30.6 Å². The number of rotatable bonds is 4. The van der Waals surface area contributed by atoms with Crippen molar-refractivity contribution in [2.75, 3.05) is 0 Å². The van der Waals surface area contributed by atoms with E-state index in [0.717, 1.165) is 10.9 Å². The molecule has 0 amide bonds. The van der Waals surface area contributed by atoms with Gasteiger partial charge in [-0.3, -0.25) is 4.79 Å². The van der Waals surface area contributed by atoms with E-state index in [-0.39, 0.29) is 5.78 Å². The molecule has 0 aliphatic rings. The highest BCUT2D eigenvalue weighted by Gasteiger charge is 2.23. The fourth-order valence-corrected chi connectivity index (χ4v) is 2.77. The maximum Gasteiger partial charge on any atom is 0.349 e. The number of carbonyl (C=O) groups excluding carboxylic acids is 2. The smallest absolute Gasteiger partial charge is 0.349 e. The second-order valence-corrected chi connectivity index (χ2v) is 5.58. The maximum absolute atomic E-state index is 12.4. The Hall–Kier alpha value is -2.40. The number of nitrogens with one attached hydrogen (secondary N) is 1. The number of hydrogen-bond donors (Lipinski definition) is 1. The van der Waals surface area contributed by atoms with Crippen molar-refractivity contribution in [1.29, 1.82) is 0 Å². The van der Waals surface area contributed by atoms with Crippen molar-refractivity contribution in [3.8, 4) is 0 Å². The molecule has 0 aliphatic carbocycles. The van der Waals surface area contributed by atoms with Gasteiger partial charge in [-0.05, 0) is 24.4 Å². The summed E-state index contributed by atoms with van der Waals surface area (Å²) in [5.41, 5.74) is 1.43. The minimum atomic E-state index is -0.821. The van der Waals surface area contributed by atoms with E-state index in [2.05, 4.69) is 4.98 Å². The fourth-order valence-electron chi connectivity index (χ4n) is 2.16. The molecule has 0 aliphatic heterocycles. The lowest BCUT2D eigenvalue weighted by molar-refractivity contribution is 0.0324. The summed E-state index contributed by atoms with van der Waals surface area (Å²) in [5, 5.41) is 2.63. The molecule has 2 heterocycles. The topological polar surface area (TPSA) is 59.2 Å². The second-order valence-electron chi connectivity index (χ2n) is 4.64. The summed E-state index contributed by atoms with van der Waals surface area (Å²) in [6.07, 6.45) is 0.835. The third-order valence-corrected chi connectivity index (χ3v) is 4.08. The Morgan fingerprint density at radius 3 is 2.76 bits per heavy atom. The molecule has 0 bridgehead atoms. The van der Waals surface area contributed by atoms with E-state index in [4.69, 9.17) is 4.74 Å². The Morgan fingerprint density at radius 1 is 1.19 bits per heavy atom. The van der Waals surface area contributed by atoms with Crippen molar-refractivity contribution in [2.24, 2.45) is 0 Å². The molecular weight excluding hydrogens is 286 g/mol. The van der Waals surface area contributed by atoms with E-state index in [0.29, 0.717) is 10.4 Å². The normalized spacial score (nSPS) is 12.2. The van der Waals surface area contributed by atoms with Gasteiger partial charge in [0.1, 0.15) is 4.88 Å². The van der Waals surface area contributed by atoms with Crippen LogP contribution in [-0.4, -0.2) is 22.8 Å². The maximum atomic E-state index is 12.4. The summed E-state index contributed by atoms with van der Waals surface area (Å²) in [6.45, 7) is 1.59. The third-order valence-electron chi connectivity index (χ3n) is 3.23. The first-order chi connectivity index (χ1) is 10.2. The van der Waals surface area contributed by atoms with Crippen LogP contribution in [-0.2, 0) is 4.74 Å². The molecule has 0 spiro atoms. The molecule has 3 rings (SSSR count). The number of para-hydroxylation sites is 1. The van der Waals surface area contributed by atoms with Gasteiger partial charge in [0, 0.05) is 22.7 Å². The van der Waals surface area contributed by atoms with E-state index in [9.17, 15) is 9.59 Å². The minimum Gasteiger partial charge on any atom is -0.450 e. The number of ketones is 1. The molecule has 5 heteroatoms. The van der Waals surface area contributed by atoms with Gasteiger partial charge in [-0.2, -0.15) is 0 Å². The van der Waals surface area contributed by atoms with Crippen molar-refractivity contribution < 1.29 is 14.3 Å². The predicted octanol–water partition coefficient (Wildman–Crippen LogP) is 3.66. The van der Waals surface area contributed by atoms with E-state index in [1.165, 1.54) is 11.3 Å². The molecule has 0 unspecified atom stereocenters. The number of aromatic amines is 1. The van der Waals surface area contributed by atoms with Crippen molar-refractivity contribution in [3.05, 3.63) is 58.4 Å². The molecule has 1 N–H and O–H groups in total. The molecule has 2 aromatic heterocycles. The van der Waals surface area contributed by atoms with Gasteiger partial charge in [0.2, 0.25) is 5.78 Å². The zero-order valence-corrected chi connectivity index (χ0v) is 12.1. The van der Waals surface area contributed by atoms with Gasteiger partial charge >= 0.3 is 5.97 Å². The van der Waals surface area contributed by atoms with Gasteiger partial charge in [-0.25, -0.2) is 4.79 Å². The number of fused-ring (bicyclic) bond motifs is 1. The number of carbonyl (C=O) groups is 2. The number of ether oxygens (including phenoxy) is 1. The van der Waals surface area contributed by atoms with E-state index in [1.807, 2.05) is 24.3 Å². The Morgan fingerprint density at radius 2 is 2.00 bits per heavy atom. The number of aromatic nitrogens is 1. The summed E-state index contributed by atoms with van der Waals surface area (Å²) in [7, 11) is 0. The highest BCUT2D eigenvalue weighted by Crippen LogP contribution is 2.20. The van der Waals surface area contributed by atoms with Crippen LogP contribution in [0.4, 0.5) is 0 Å². The molecule has 21 heavy (non-hydrogen) atoms. The number of Topliss-reactive ketones (excluding diaryl/α,β-unsaturated/α-hetero) is 1. The lowest BCUT2D eigenvalue weighted by Crippen LogP contribution is -2.23. The van der Waals surface area contributed by atoms with Crippen molar-refractivity contribution in [2.45, 2.75) is 13.0 Å². The Bertz CT molecular complexity index is 789. The zero-order chi connectivity index (χ0) is 14.8. The van der Waals surface area contributed by atoms with Crippen LogP contribution in [0.3, 0.4) is 0 Å². The molecule has 0 saturated heterocycles. The molecule has 1 aromatic carbocycles. The minimum absolute atomic E-state index is 0.211. The van der Waals surface area contributed by atoms with Gasteiger partial charge in [-0.15, -0.1) is 11.3 Å². The van der Waals surface area contributed by atoms with Gasteiger partial charge < -0.3 is 9.72 Å². The first-order valence-electron chi connectivity index (χ1n) is 6.51. The Balaban J connectivity index is 1.80. The molecule has 0 radical (unpaired) electrons. The molecule has 1 atom stereocenters. The van der Waals surface area contributed by atoms with E-state index >= 15 is 0 Å². The largest absolute Gasteiger partial charge is 0.450 e. The monoisotopic (exact) mass is 299 g/mol. The van der Waals surface area contributed by atoms with Gasteiger partial charge in [0.15, 0.2) is 6.10 Å². The van der Waals surface area contributed by atoms with Crippen molar-refractivity contribution in [3.63, 3.8) is 0 Å². The van der Waals surface area contributed by atoms with E-state index < -0.39 is 12.1 Å². The summed E-state index contributed by atoms with van der Waals surface area (Å²) in [6, 6.07) is 11.0. The standard InChI is InChI=1S/C16H13NO3S/c1-10(20-16(19)14-7-4-8-21-14)15(18)12-9-17-13-6-3-2-5-11(12)13/h2-10,17H,1H3/t10-/m0/s1. The number of esters is 1. The molecule has 3 aromatic rings. The summed E-state index contributed by atoms with van der Waals surface area (Å²) in [4.78, 5) is 27.9. The SMILES string of the molecule is C[C@H](OC(=O)c1cccs1)C(=O)c1c[nH]c2ccccc12. The van der Waals surface area contributed by atoms with Crippen LogP contribution in [0.1, 0.15) is 27.0 Å². The number of benzene rings is 1. The van der Waals surface area contributed by atoms with Gasteiger partial charge in [-0.1, -0.05) is 24.3 Å². The number of thiophene rings is 1. The molecule has 106 valence electrons. The van der Waals surface area contributed by atoms with Crippen molar-refractivity contribution >= 4 is 34.0 Å². The second kappa shape index (κ2) is 5.54.